The molecule has 1 fully saturated rings. The third kappa shape index (κ3) is 3.76. The van der Waals surface area contributed by atoms with Crippen LogP contribution < -0.4 is 0 Å². The van der Waals surface area contributed by atoms with Gasteiger partial charge in [-0.1, -0.05) is 30.3 Å². The molecular weight excluding hydrogens is 346 g/mol. The Hall–Kier alpha value is -2.60. The SMILES string of the molecule is COC(=O)C1=C(C)C=C(N2CCOCC2)[C@H](C(=O)OC)[C@H]1c1ccccc1. The molecule has 1 aliphatic carbocycles. The molecule has 0 spiro atoms. The maximum absolute atomic E-state index is 12.9. The van der Waals surface area contributed by atoms with E-state index in [0.29, 0.717) is 31.9 Å². The minimum absolute atomic E-state index is 0.365. The van der Waals surface area contributed by atoms with Crippen molar-refractivity contribution < 1.29 is 23.8 Å². The van der Waals surface area contributed by atoms with E-state index in [0.717, 1.165) is 16.8 Å². The average Bonchev–Trinajstić information content (AvgIpc) is 2.73. The van der Waals surface area contributed by atoms with E-state index in [1.165, 1.54) is 14.2 Å². The van der Waals surface area contributed by atoms with Crippen LogP contribution in [0.2, 0.25) is 0 Å². The van der Waals surface area contributed by atoms with Crippen LogP contribution >= 0.6 is 0 Å². The van der Waals surface area contributed by atoms with Gasteiger partial charge in [-0.25, -0.2) is 4.79 Å². The van der Waals surface area contributed by atoms with Gasteiger partial charge in [-0.05, 0) is 24.1 Å². The lowest BCUT2D eigenvalue weighted by atomic mass is 9.73. The third-order valence-corrected chi connectivity index (χ3v) is 5.15. The van der Waals surface area contributed by atoms with E-state index in [4.69, 9.17) is 14.2 Å². The zero-order valence-electron chi connectivity index (χ0n) is 15.9. The Labute approximate surface area is 159 Å². The number of carbonyl (C=O) groups excluding carboxylic acids is 2. The molecule has 144 valence electrons. The molecule has 0 radical (unpaired) electrons. The summed E-state index contributed by atoms with van der Waals surface area (Å²) in [6.45, 7) is 4.49. The lowest BCUT2D eigenvalue weighted by Crippen LogP contribution is -2.43. The highest BCUT2D eigenvalue weighted by Gasteiger charge is 2.43. The molecule has 1 heterocycles. The molecule has 1 saturated heterocycles. The van der Waals surface area contributed by atoms with Crippen LogP contribution in [0.3, 0.4) is 0 Å². The second-order valence-corrected chi connectivity index (χ2v) is 6.65. The Bertz CT molecular complexity index is 762. The van der Waals surface area contributed by atoms with Gasteiger partial charge in [0.15, 0.2) is 0 Å². The number of methoxy groups -OCH3 is 2. The van der Waals surface area contributed by atoms with Gasteiger partial charge in [0.05, 0.1) is 27.4 Å². The summed E-state index contributed by atoms with van der Waals surface area (Å²) < 4.78 is 15.6. The fourth-order valence-corrected chi connectivity index (χ4v) is 3.88. The highest BCUT2D eigenvalue weighted by molar-refractivity contribution is 5.94. The number of benzene rings is 1. The van der Waals surface area contributed by atoms with Gasteiger partial charge in [-0.2, -0.15) is 0 Å². The van der Waals surface area contributed by atoms with Crippen LogP contribution in [0.1, 0.15) is 18.4 Å². The molecule has 0 amide bonds. The largest absolute Gasteiger partial charge is 0.468 e. The Balaban J connectivity index is 2.17. The smallest absolute Gasteiger partial charge is 0.334 e. The predicted molar refractivity (Wildman–Crippen MR) is 99.9 cm³/mol. The second-order valence-electron chi connectivity index (χ2n) is 6.65. The van der Waals surface area contributed by atoms with Crippen molar-refractivity contribution in [2.24, 2.45) is 5.92 Å². The van der Waals surface area contributed by atoms with Gasteiger partial charge in [-0.3, -0.25) is 4.79 Å². The van der Waals surface area contributed by atoms with Crippen LogP contribution in [-0.2, 0) is 23.8 Å². The average molecular weight is 371 g/mol. The minimum atomic E-state index is -0.617. The van der Waals surface area contributed by atoms with Crippen molar-refractivity contribution in [1.82, 2.24) is 4.90 Å². The summed E-state index contributed by atoms with van der Waals surface area (Å²) >= 11 is 0. The topological polar surface area (TPSA) is 65.1 Å². The van der Waals surface area contributed by atoms with Gasteiger partial charge in [0, 0.05) is 30.3 Å². The van der Waals surface area contributed by atoms with Crippen molar-refractivity contribution in [2.75, 3.05) is 40.5 Å². The highest BCUT2D eigenvalue weighted by Crippen LogP contribution is 2.44. The van der Waals surface area contributed by atoms with Gasteiger partial charge in [0.1, 0.15) is 5.92 Å². The Morgan fingerprint density at radius 2 is 1.74 bits per heavy atom. The molecule has 2 aliphatic rings. The molecule has 0 N–H and O–H groups in total. The number of ether oxygens (including phenoxy) is 3. The number of hydrogen-bond acceptors (Lipinski definition) is 6. The molecule has 0 unspecified atom stereocenters. The van der Waals surface area contributed by atoms with Crippen molar-refractivity contribution in [1.29, 1.82) is 0 Å². The number of rotatable bonds is 4. The molecule has 1 aromatic carbocycles. The van der Waals surface area contributed by atoms with Gasteiger partial charge < -0.3 is 19.1 Å². The molecule has 0 aromatic heterocycles. The van der Waals surface area contributed by atoms with E-state index < -0.39 is 17.8 Å². The number of esters is 2. The second kappa shape index (κ2) is 8.39. The van der Waals surface area contributed by atoms with Crippen molar-refractivity contribution in [3.8, 4) is 0 Å². The van der Waals surface area contributed by atoms with Crippen LogP contribution in [0.4, 0.5) is 0 Å². The van der Waals surface area contributed by atoms with E-state index in [9.17, 15) is 9.59 Å². The van der Waals surface area contributed by atoms with Gasteiger partial charge in [-0.15, -0.1) is 0 Å². The fourth-order valence-electron chi connectivity index (χ4n) is 3.88. The highest BCUT2D eigenvalue weighted by atomic mass is 16.5. The first kappa shape index (κ1) is 19.2. The minimum Gasteiger partial charge on any atom is -0.468 e. The standard InChI is InChI=1S/C21H25NO5/c1-14-13-16(22-9-11-27-12-10-22)19(21(24)26-3)18(17(14)20(23)25-2)15-7-5-4-6-8-15/h4-8,13,18-19H,9-12H2,1-3H3/t18-,19-/m0/s1. The molecule has 27 heavy (non-hydrogen) atoms. The lowest BCUT2D eigenvalue weighted by Gasteiger charge is -2.40. The van der Waals surface area contributed by atoms with Crippen molar-refractivity contribution >= 4 is 11.9 Å². The van der Waals surface area contributed by atoms with Crippen molar-refractivity contribution in [3.63, 3.8) is 0 Å². The van der Waals surface area contributed by atoms with E-state index in [1.807, 2.05) is 43.3 Å². The molecule has 0 saturated carbocycles. The summed E-state index contributed by atoms with van der Waals surface area (Å²) in [7, 11) is 2.74. The first-order valence-electron chi connectivity index (χ1n) is 9.04. The first-order valence-corrected chi connectivity index (χ1v) is 9.04. The number of nitrogens with zero attached hydrogens (tertiary/aromatic N) is 1. The van der Waals surface area contributed by atoms with E-state index in [2.05, 4.69) is 4.90 Å². The molecule has 1 aromatic rings. The molecule has 2 atom stereocenters. The van der Waals surface area contributed by atoms with Gasteiger partial charge in [0.2, 0.25) is 0 Å². The lowest BCUT2D eigenvalue weighted by molar-refractivity contribution is -0.145. The zero-order chi connectivity index (χ0) is 19.4. The van der Waals surface area contributed by atoms with Crippen molar-refractivity contribution in [3.05, 3.63) is 58.8 Å². The molecule has 6 heteroatoms. The monoisotopic (exact) mass is 371 g/mol. The third-order valence-electron chi connectivity index (χ3n) is 5.15. The summed E-state index contributed by atoms with van der Waals surface area (Å²) in [6.07, 6.45) is 1.92. The summed E-state index contributed by atoms with van der Waals surface area (Å²) in [4.78, 5) is 27.6. The van der Waals surface area contributed by atoms with Gasteiger partial charge in [0.25, 0.3) is 0 Å². The maximum Gasteiger partial charge on any atom is 0.334 e. The Kier molecular flexibility index (Phi) is 5.96. The van der Waals surface area contributed by atoms with Crippen LogP contribution in [0.15, 0.2) is 53.3 Å². The molecular formula is C21H25NO5. The quantitative estimate of drug-likeness (QED) is 0.757. The van der Waals surface area contributed by atoms with Crippen LogP contribution in [-0.4, -0.2) is 57.4 Å². The normalized spacial score (nSPS) is 22.9. The summed E-state index contributed by atoms with van der Waals surface area (Å²) in [5.74, 6) is -1.87. The van der Waals surface area contributed by atoms with Gasteiger partial charge >= 0.3 is 11.9 Å². The van der Waals surface area contributed by atoms with Crippen LogP contribution in [0.25, 0.3) is 0 Å². The molecule has 3 rings (SSSR count). The predicted octanol–water partition coefficient (Wildman–Crippen LogP) is 2.28. The molecule has 6 nitrogen and oxygen atoms in total. The van der Waals surface area contributed by atoms with E-state index >= 15 is 0 Å². The Morgan fingerprint density at radius 3 is 2.33 bits per heavy atom. The summed E-state index contributed by atoms with van der Waals surface area (Å²) in [5, 5.41) is 0. The van der Waals surface area contributed by atoms with Crippen LogP contribution in [0.5, 0.6) is 0 Å². The fraction of sp³-hybridized carbons (Fsp3) is 0.429. The van der Waals surface area contributed by atoms with E-state index in [1.54, 1.807) is 0 Å². The van der Waals surface area contributed by atoms with E-state index in [-0.39, 0.29) is 5.97 Å². The number of carbonyl (C=O) groups is 2. The number of hydrogen-bond donors (Lipinski definition) is 0. The first-order chi connectivity index (χ1) is 13.1. The molecule has 0 bridgehead atoms. The molecule has 1 aliphatic heterocycles. The number of allylic oxidation sites excluding steroid dienone is 2. The summed E-state index contributed by atoms with van der Waals surface area (Å²) in [6, 6.07) is 9.58. The number of morpholine rings is 1. The van der Waals surface area contributed by atoms with Crippen molar-refractivity contribution in [2.45, 2.75) is 12.8 Å². The summed E-state index contributed by atoms with van der Waals surface area (Å²) in [5.41, 5.74) is 3.05. The van der Waals surface area contributed by atoms with Crippen LogP contribution in [0, 0.1) is 5.92 Å². The Morgan fingerprint density at radius 1 is 1.07 bits per heavy atom. The maximum atomic E-state index is 12.9. The zero-order valence-corrected chi connectivity index (χ0v) is 15.9.